The second-order valence-electron chi connectivity index (χ2n) is 2.65. The topological polar surface area (TPSA) is 20.2 Å². The van der Waals surface area contributed by atoms with Crippen LogP contribution in [-0.4, -0.2) is 5.11 Å². The van der Waals surface area contributed by atoms with Crippen LogP contribution in [0.3, 0.4) is 0 Å². The molecule has 0 amide bonds. The van der Waals surface area contributed by atoms with Gasteiger partial charge in [0.15, 0.2) is 0 Å². The van der Waals surface area contributed by atoms with Gasteiger partial charge in [-0.3, -0.25) is 0 Å². The molecule has 1 atom stereocenters. The molecule has 0 radical (unpaired) electrons. The Morgan fingerprint density at radius 3 is 2.36 bits per heavy atom. The Morgan fingerprint density at radius 1 is 1.29 bits per heavy atom. The number of alkyl halides is 3. The van der Waals surface area contributed by atoms with Crippen molar-refractivity contribution in [1.29, 1.82) is 0 Å². The summed E-state index contributed by atoms with van der Waals surface area (Å²) in [5.41, 5.74) is -1.19. The Hall–Kier alpha value is -1.47. The normalized spacial score (nSPS) is 13.4. The van der Waals surface area contributed by atoms with Crippen LogP contribution in [0.2, 0.25) is 0 Å². The van der Waals surface area contributed by atoms with E-state index in [0.29, 0.717) is 0 Å². The zero-order chi connectivity index (χ0) is 10.8. The van der Waals surface area contributed by atoms with E-state index in [0.717, 1.165) is 12.1 Å². The first-order valence-electron chi connectivity index (χ1n) is 3.77. The summed E-state index contributed by atoms with van der Waals surface area (Å²) in [5.74, 6) is 1.85. The van der Waals surface area contributed by atoms with E-state index >= 15 is 0 Å². The Kier molecular flexibility index (Phi) is 2.82. The minimum Gasteiger partial charge on any atom is -0.376 e. The molecule has 1 aromatic rings. The maximum Gasteiger partial charge on any atom is 0.416 e. The molecule has 0 bridgehead atoms. The smallest absolute Gasteiger partial charge is 0.376 e. The van der Waals surface area contributed by atoms with Crippen LogP contribution in [-0.2, 0) is 6.18 Å². The number of aliphatic hydroxyl groups is 1. The molecule has 74 valence electrons. The number of hydrogen-bond acceptors (Lipinski definition) is 1. The van der Waals surface area contributed by atoms with Crippen LogP contribution >= 0.6 is 0 Å². The van der Waals surface area contributed by atoms with Crippen molar-refractivity contribution in [3.63, 3.8) is 0 Å². The molecule has 1 rings (SSSR count). The molecule has 1 N–H and O–H groups in total. The molecule has 0 aliphatic rings. The molecule has 4 heteroatoms. The van der Waals surface area contributed by atoms with E-state index in [1.165, 1.54) is 12.1 Å². The predicted octanol–water partition coefficient (Wildman–Crippen LogP) is 2.37. The molecule has 0 aliphatic carbocycles. The molecule has 0 spiro atoms. The monoisotopic (exact) mass is 200 g/mol. The lowest BCUT2D eigenvalue weighted by atomic mass is 10.0. The van der Waals surface area contributed by atoms with Crippen molar-refractivity contribution in [2.24, 2.45) is 0 Å². The van der Waals surface area contributed by atoms with E-state index in [9.17, 15) is 13.2 Å². The number of hydrogen-bond donors (Lipinski definition) is 1. The Morgan fingerprint density at radius 2 is 1.86 bits per heavy atom. The third-order valence-corrected chi connectivity index (χ3v) is 1.72. The molecule has 0 saturated carbocycles. The van der Waals surface area contributed by atoms with Crippen LogP contribution in [0.15, 0.2) is 24.3 Å². The van der Waals surface area contributed by atoms with Crippen LogP contribution in [0, 0.1) is 12.3 Å². The van der Waals surface area contributed by atoms with Crippen molar-refractivity contribution in [3.8, 4) is 12.3 Å². The fourth-order valence-electron chi connectivity index (χ4n) is 1.08. The lowest BCUT2D eigenvalue weighted by Crippen LogP contribution is -2.11. The summed E-state index contributed by atoms with van der Waals surface area (Å²) < 4.78 is 37.1. The van der Waals surface area contributed by atoms with E-state index in [2.05, 4.69) is 0 Å². The van der Waals surface area contributed by atoms with Gasteiger partial charge in [0.2, 0.25) is 0 Å². The Labute approximate surface area is 79.2 Å². The van der Waals surface area contributed by atoms with Crippen LogP contribution in [0.1, 0.15) is 17.2 Å². The van der Waals surface area contributed by atoms with E-state index in [1.54, 1.807) is 0 Å². The summed E-state index contributed by atoms with van der Waals surface area (Å²) in [7, 11) is 0. The highest BCUT2D eigenvalue weighted by atomic mass is 19.4. The van der Waals surface area contributed by atoms with Crippen molar-refractivity contribution in [2.75, 3.05) is 0 Å². The van der Waals surface area contributed by atoms with E-state index in [-0.39, 0.29) is 5.56 Å². The van der Waals surface area contributed by atoms with E-state index in [4.69, 9.17) is 11.5 Å². The summed E-state index contributed by atoms with van der Waals surface area (Å²) in [4.78, 5) is 0. The van der Waals surface area contributed by atoms with Crippen LogP contribution in [0.25, 0.3) is 0 Å². The summed E-state index contributed by atoms with van der Waals surface area (Å²) in [6, 6.07) is 4.68. The van der Waals surface area contributed by atoms with Crippen molar-refractivity contribution in [3.05, 3.63) is 35.4 Å². The van der Waals surface area contributed by atoms with Gasteiger partial charge in [0.1, 0.15) is 6.10 Å². The molecule has 14 heavy (non-hydrogen) atoms. The van der Waals surface area contributed by atoms with Gasteiger partial charge in [-0.2, -0.15) is 13.2 Å². The third kappa shape index (κ3) is 2.06. The minimum atomic E-state index is -4.49. The first-order valence-corrected chi connectivity index (χ1v) is 3.77. The number of rotatable bonds is 1. The summed E-state index contributed by atoms with van der Waals surface area (Å²) in [6.07, 6.45) is -1.16. The molecule has 0 heterocycles. The molecule has 1 unspecified atom stereocenters. The third-order valence-electron chi connectivity index (χ3n) is 1.72. The zero-order valence-corrected chi connectivity index (χ0v) is 7.05. The van der Waals surface area contributed by atoms with E-state index < -0.39 is 17.8 Å². The average molecular weight is 200 g/mol. The van der Waals surface area contributed by atoms with Gasteiger partial charge in [0, 0.05) is 5.56 Å². The lowest BCUT2D eigenvalue weighted by molar-refractivity contribution is -0.138. The Balaban J connectivity index is 3.25. The van der Waals surface area contributed by atoms with Crippen LogP contribution in [0.5, 0.6) is 0 Å². The highest BCUT2D eigenvalue weighted by Crippen LogP contribution is 2.34. The van der Waals surface area contributed by atoms with E-state index in [1.807, 2.05) is 5.92 Å². The first-order chi connectivity index (χ1) is 6.46. The van der Waals surface area contributed by atoms with Crippen molar-refractivity contribution in [1.82, 2.24) is 0 Å². The minimum absolute atomic E-state index is 0.289. The first kappa shape index (κ1) is 10.6. The predicted molar refractivity (Wildman–Crippen MR) is 45.2 cm³/mol. The fourth-order valence-corrected chi connectivity index (χ4v) is 1.08. The molecule has 0 fully saturated rings. The zero-order valence-electron chi connectivity index (χ0n) is 7.05. The summed E-state index contributed by atoms with van der Waals surface area (Å²) in [6.45, 7) is 0. The van der Waals surface area contributed by atoms with Crippen LogP contribution < -0.4 is 0 Å². The van der Waals surface area contributed by atoms with Gasteiger partial charge in [-0.1, -0.05) is 24.1 Å². The fraction of sp³-hybridized carbons (Fsp3) is 0.200. The second kappa shape index (κ2) is 3.72. The van der Waals surface area contributed by atoms with Gasteiger partial charge in [-0.25, -0.2) is 0 Å². The lowest BCUT2D eigenvalue weighted by Gasteiger charge is -2.13. The highest BCUT2D eigenvalue weighted by Gasteiger charge is 2.34. The van der Waals surface area contributed by atoms with Gasteiger partial charge in [-0.15, -0.1) is 6.42 Å². The number of aliphatic hydroxyl groups excluding tert-OH is 1. The molecular weight excluding hydrogens is 193 g/mol. The molecule has 1 aromatic carbocycles. The highest BCUT2D eigenvalue weighted by molar-refractivity contribution is 5.34. The van der Waals surface area contributed by atoms with Gasteiger partial charge >= 0.3 is 6.18 Å². The van der Waals surface area contributed by atoms with Crippen molar-refractivity contribution >= 4 is 0 Å². The van der Waals surface area contributed by atoms with Crippen molar-refractivity contribution in [2.45, 2.75) is 12.3 Å². The van der Waals surface area contributed by atoms with Crippen LogP contribution in [0.4, 0.5) is 13.2 Å². The number of terminal acetylenes is 1. The standard InChI is InChI=1S/C10H7F3O/c1-2-9(14)7-5-3-4-6-8(7)10(11,12)13/h1,3-6,9,14H. The van der Waals surface area contributed by atoms with Gasteiger partial charge in [0.25, 0.3) is 0 Å². The maximum atomic E-state index is 12.4. The molecular formula is C10H7F3O. The summed E-state index contributed by atoms with van der Waals surface area (Å²) in [5, 5.41) is 9.14. The van der Waals surface area contributed by atoms with Gasteiger partial charge in [0.05, 0.1) is 5.56 Å². The molecule has 1 nitrogen and oxygen atoms in total. The Bertz CT molecular complexity index is 362. The quantitative estimate of drug-likeness (QED) is 0.690. The molecule has 0 aliphatic heterocycles. The SMILES string of the molecule is C#CC(O)c1ccccc1C(F)(F)F. The van der Waals surface area contributed by atoms with Gasteiger partial charge in [-0.05, 0) is 6.07 Å². The largest absolute Gasteiger partial charge is 0.416 e. The number of benzene rings is 1. The molecule has 0 saturated heterocycles. The second-order valence-corrected chi connectivity index (χ2v) is 2.65. The van der Waals surface area contributed by atoms with Crippen molar-refractivity contribution < 1.29 is 18.3 Å². The average Bonchev–Trinajstić information content (AvgIpc) is 2.15. The van der Waals surface area contributed by atoms with Gasteiger partial charge < -0.3 is 5.11 Å². The number of halogens is 3. The molecule has 0 aromatic heterocycles. The maximum absolute atomic E-state index is 12.4. The summed E-state index contributed by atoms with van der Waals surface area (Å²) >= 11 is 0.